The van der Waals surface area contributed by atoms with Gasteiger partial charge in [-0.15, -0.1) is 0 Å². The van der Waals surface area contributed by atoms with Gasteiger partial charge in [0.1, 0.15) is 17.2 Å². The van der Waals surface area contributed by atoms with Gasteiger partial charge in [-0.1, -0.05) is 60.7 Å². The zero-order valence-electron chi connectivity index (χ0n) is 55.6. The van der Waals surface area contributed by atoms with E-state index in [1.807, 2.05) is 86.8 Å². The second kappa shape index (κ2) is 22.5. The Morgan fingerprint density at radius 2 is 0.714 bits per heavy atom. The molecule has 484 valence electrons. The van der Waals surface area contributed by atoms with Gasteiger partial charge in [-0.25, -0.2) is 0 Å². The molecule has 3 saturated heterocycles. The third kappa shape index (κ3) is 11.9. The maximum absolute atomic E-state index is 12.7. The van der Waals surface area contributed by atoms with Crippen molar-refractivity contribution in [2.24, 2.45) is 35.5 Å². The van der Waals surface area contributed by atoms with Crippen LogP contribution in [0.5, 0.6) is 17.2 Å². The molecule has 0 atom stereocenters. The summed E-state index contributed by atoms with van der Waals surface area (Å²) in [5.41, 5.74) is 1.33. The zero-order chi connectivity index (χ0) is 64.9. The van der Waals surface area contributed by atoms with Crippen molar-refractivity contribution < 1.29 is 63.2 Å². The normalized spacial score (nSPS) is 29.9. The van der Waals surface area contributed by atoms with Crippen molar-refractivity contribution in [3.8, 4) is 39.5 Å². The van der Waals surface area contributed by atoms with E-state index in [1.165, 1.54) is 122 Å². The fourth-order valence-corrected chi connectivity index (χ4v) is 18.1. The lowest BCUT2D eigenvalue weighted by molar-refractivity contribution is -0.0500. The highest BCUT2D eigenvalue weighted by Gasteiger charge is 2.64. The predicted molar refractivity (Wildman–Crippen MR) is 355 cm³/mol. The Hall–Kier alpha value is -5.07. The van der Waals surface area contributed by atoms with Crippen LogP contribution in [0.1, 0.15) is 171 Å². The van der Waals surface area contributed by atoms with Crippen molar-refractivity contribution in [1.29, 1.82) is 0 Å². The summed E-state index contributed by atoms with van der Waals surface area (Å²) in [5.74, 6) is 6.82. The first-order valence-corrected chi connectivity index (χ1v) is 34.5. The number of methoxy groups -OCH3 is 2. The van der Waals surface area contributed by atoms with Gasteiger partial charge in [0, 0.05) is 11.1 Å². The predicted octanol–water partition coefficient (Wildman–Crippen LogP) is 16.7. The summed E-state index contributed by atoms with van der Waals surface area (Å²) >= 11 is 0. The van der Waals surface area contributed by atoms with Crippen LogP contribution < -0.4 is 19.1 Å². The zero-order valence-corrected chi connectivity index (χ0v) is 56.4. The van der Waals surface area contributed by atoms with Crippen LogP contribution >= 0.6 is 0 Å². The highest BCUT2D eigenvalue weighted by molar-refractivity contribution is 7.88. The number of ether oxygens (including phenoxy) is 2. The van der Waals surface area contributed by atoms with Crippen molar-refractivity contribution in [1.82, 2.24) is 0 Å². The number of halogens is 3. The molecule has 8 bridgehead atoms. The maximum atomic E-state index is 12.7. The molecular weight excluding hydrogens is 1170 g/mol. The number of hydrogen-bond donors (Lipinski definition) is 0. The summed E-state index contributed by atoms with van der Waals surface area (Å²) < 4.78 is 113. The minimum Gasteiger partial charge on any atom is -0.496 e. The summed E-state index contributed by atoms with van der Waals surface area (Å²) in [5, 5.41) is 3.82. The van der Waals surface area contributed by atoms with E-state index in [0.717, 1.165) is 69.0 Å². The van der Waals surface area contributed by atoms with Gasteiger partial charge in [0.05, 0.1) is 47.8 Å². The second-order valence-corrected chi connectivity index (χ2v) is 33.1. The molecule has 3 aliphatic heterocycles. The Labute approximate surface area is 538 Å². The SMILES string of the molecule is CC1(C)OB(B2OC(C)(C)C(C)(C)O2)OC1(C)C.COc1ccc(-c2ccc3cc(B4OC(C)(C)C(C)(C)O4)ccc3c2)cc1C12CC3CC(CC(C3)C1)C2.COc1ccc(-c2ccc3cc(OS(=O)(=O)C(F)(F)F)ccc3c2)cc1C12CC3CC(CC(C3)C1)C2. The molecule has 0 N–H and O–H groups in total. The fourth-order valence-electron chi connectivity index (χ4n) is 17.7. The number of benzene rings is 6. The van der Waals surface area contributed by atoms with Crippen molar-refractivity contribution >= 4 is 58.3 Å². The highest BCUT2D eigenvalue weighted by Crippen LogP contribution is 2.64. The van der Waals surface area contributed by atoms with Crippen LogP contribution in [0.2, 0.25) is 0 Å². The van der Waals surface area contributed by atoms with Gasteiger partial charge in [-0.05, 0) is 304 Å². The van der Waals surface area contributed by atoms with Gasteiger partial charge in [0.2, 0.25) is 0 Å². The van der Waals surface area contributed by atoms with Crippen LogP contribution in [-0.2, 0) is 48.9 Å². The lowest BCUT2D eigenvalue weighted by Gasteiger charge is -2.57. The van der Waals surface area contributed by atoms with Crippen molar-refractivity contribution in [3.05, 3.63) is 120 Å². The first-order chi connectivity index (χ1) is 42.6. The van der Waals surface area contributed by atoms with Crippen LogP contribution in [0.25, 0.3) is 43.8 Å². The van der Waals surface area contributed by atoms with Crippen molar-refractivity contribution in [2.45, 2.75) is 210 Å². The van der Waals surface area contributed by atoms with Gasteiger partial charge < -0.3 is 41.6 Å². The molecule has 8 aliphatic carbocycles. The molecule has 17 rings (SSSR count). The molecule has 11 fully saturated rings. The summed E-state index contributed by atoms with van der Waals surface area (Å²) in [6.07, 6.45) is 16.2. The minimum atomic E-state index is -5.71. The van der Waals surface area contributed by atoms with Crippen molar-refractivity contribution in [2.75, 3.05) is 14.2 Å². The smallest absolute Gasteiger partial charge is 0.496 e. The van der Waals surface area contributed by atoms with E-state index in [0.29, 0.717) is 10.8 Å². The molecule has 11 aliphatic rings. The average Bonchev–Trinajstić information content (AvgIpc) is 1.69. The highest BCUT2D eigenvalue weighted by atomic mass is 32.2. The molecule has 18 heteroatoms. The van der Waals surface area contributed by atoms with Crippen LogP contribution in [0.3, 0.4) is 0 Å². The minimum absolute atomic E-state index is 0.170. The van der Waals surface area contributed by atoms with Crippen LogP contribution in [0, 0.1) is 35.5 Å². The lowest BCUT2D eigenvalue weighted by atomic mass is 9.48. The third-order valence-corrected chi connectivity index (χ3v) is 24.7. The van der Waals surface area contributed by atoms with Crippen LogP contribution in [0.4, 0.5) is 13.2 Å². The Bertz CT molecular complexity index is 3750. The average molecular weight is 1270 g/mol. The van der Waals surface area contributed by atoms with Gasteiger partial charge in [-0.3, -0.25) is 0 Å². The number of alkyl halides is 3. The second-order valence-electron chi connectivity index (χ2n) is 31.6. The maximum Gasteiger partial charge on any atom is 0.534 e. The number of fused-ring (bicyclic) bond motifs is 2. The van der Waals surface area contributed by atoms with Gasteiger partial charge in [0.25, 0.3) is 0 Å². The molecular formula is C73H90B3F3O11S. The first kappa shape index (κ1) is 64.6. The first-order valence-electron chi connectivity index (χ1n) is 33.1. The van der Waals surface area contributed by atoms with Gasteiger partial charge in [0.15, 0.2) is 0 Å². The lowest BCUT2D eigenvalue weighted by Crippen LogP contribution is -2.48. The summed E-state index contributed by atoms with van der Waals surface area (Å²) in [4.78, 5) is 0. The number of hydrogen-bond acceptors (Lipinski definition) is 11. The standard InChI is InChI=1S/C33H39BO3.C28H27F3O4S.C12H24B2O4/c1-31(2)32(3,4)37-34(36-31)28-10-8-25-15-24(6-7-26(25)16-28)27-9-11-30(35-5)29(17-27)33-18-21-12-22(19-33)14-23(13-21)20-33;1-34-26-7-5-23(13-25(26)27-14-17-8-18(15-27)10-19(9-17)16-27)20-2-3-22-12-24(6-4-21(22)11-20)35-36(32,33)28(29,30)31;1-9(2)10(3,4)16-13(15-9)14-17-11(5,6)12(7,8)18-14/h6-11,15-17,21-23H,12-14,18-20H2,1-5H3;2-7,11-13,17-19H,8-10,14-16H2,1H3;1-8H3. The number of rotatable bonds is 10. The van der Waals surface area contributed by atoms with E-state index in [-0.39, 0.29) is 51.9 Å². The molecule has 0 spiro atoms. The molecule has 3 heterocycles. The molecule has 0 unspecified atom stereocenters. The summed E-state index contributed by atoms with van der Waals surface area (Å²) in [6.45, 7) is 24.6. The van der Waals surface area contributed by atoms with Crippen molar-refractivity contribution in [3.63, 3.8) is 0 Å². The van der Waals surface area contributed by atoms with E-state index in [9.17, 15) is 21.6 Å². The van der Waals surface area contributed by atoms with E-state index in [4.69, 9.17) is 37.4 Å². The quantitative estimate of drug-likeness (QED) is 0.0741. The Morgan fingerprint density at radius 3 is 1.08 bits per heavy atom. The monoisotopic (exact) mass is 1260 g/mol. The molecule has 91 heavy (non-hydrogen) atoms. The largest absolute Gasteiger partial charge is 0.534 e. The van der Waals surface area contributed by atoms with Gasteiger partial charge in [-0.2, -0.15) is 21.6 Å². The van der Waals surface area contributed by atoms with Crippen LogP contribution in [0.15, 0.2) is 109 Å². The molecule has 0 aromatic heterocycles. The topological polar surface area (TPSA) is 117 Å². The molecule has 6 aromatic carbocycles. The Morgan fingerprint density at radius 1 is 0.407 bits per heavy atom. The molecule has 0 radical (unpaired) electrons. The van der Waals surface area contributed by atoms with E-state index in [1.54, 1.807) is 19.2 Å². The fraction of sp³-hybridized carbons (Fsp3) is 0.562. The molecule has 6 aromatic rings. The Kier molecular flexibility index (Phi) is 16.0. The van der Waals surface area contributed by atoms with E-state index >= 15 is 0 Å². The molecule has 8 saturated carbocycles. The third-order valence-electron chi connectivity index (χ3n) is 23.7. The summed E-state index contributed by atoms with van der Waals surface area (Å²) in [6, 6.07) is 36.4. The molecule has 0 amide bonds. The summed E-state index contributed by atoms with van der Waals surface area (Å²) in [7, 11) is -3.43. The molecule has 11 nitrogen and oxygen atoms in total. The van der Waals surface area contributed by atoms with E-state index in [2.05, 4.69) is 92.5 Å². The van der Waals surface area contributed by atoms with Gasteiger partial charge >= 0.3 is 36.8 Å². The van der Waals surface area contributed by atoms with E-state index < -0.39 is 29.6 Å². The Balaban J connectivity index is 0.000000133. The van der Waals surface area contributed by atoms with Crippen LogP contribution in [-0.4, -0.2) is 82.9 Å².